The van der Waals surface area contributed by atoms with Crippen LogP contribution < -0.4 is 0 Å². The Morgan fingerprint density at radius 3 is 1.00 bits per heavy atom. The predicted molar refractivity (Wildman–Crippen MR) is 163 cm³/mol. The van der Waals surface area contributed by atoms with E-state index < -0.39 is 0 Å². The van der Waals surface area contributed by atoms with Crippen molar-refractivity contribution in [3.05, 3.63) is 34.9 Å². The first-order chi connectivity index (χ1) is 14.8. The van der Waals surface area contributed by atoms with E-state index in [1.165, 1.54) is 0 Å². The van der Waals surface area contributed by atoms with Gasteiger partial charge < -0.3 is 0 Å². The van der Waals surface area contributed by atoms with E-state index in [9.17, 15) is 0 Å². The van der Waals surface area contributed by atoms with Crippen LogP contribution in [0.5, 0.6) is 0 Å². The summed E-state index contributed by atoms with van der Waals surface area (Å²) >= 11 is 0. The second-order valence-corrected chi connectivity index (χ2v) is 20.4. The first-order valence-corrected chi connectivity index (χ1v) is 16.6. The molecule has 0 N–H and O–H groups in total. The van der Waals surface area contributed by atoms with Crippen LogP contribution in [-0.4, -0.2) is 17.0 Å². The Hall–Kier alpha value is 0.510. The van der Waals surface area contributed by atoms with E-state index in [1.54, 1.807) is 16.7 Å². The van der Waals surface area contributed by atoms with E-state index in [-0.39, 0.29) is 16.2 Å². The Balaban J connectivity index is 4.06. The zero-order chi connectivity index (χ0) is 25.9. The quantitative estimate of drug-likeness (QED) is 0.290. The highest BCUT2D eigenvalue weighted by molar-refractivity contribution is 7.40. The summed E-state index contributed by atoms with van der Waals surface area (Å²) in [5, 5.41) is 0. The Morgan fingerprint density at radius 2 is 0.758 bits per heavy atom. The monoisotopic (exact) mass is 510 g/mol. The number of hydrogen-bond donors (Lipinski definition) is 0. The fourth-order valence-electron chi connectivity index (χ4n) is 4.82. The third-order valence-corrected chi connectivity index (χ3v) is 12.7. The number of hydrogen-bond acceptors (Lipinski definition) is 0. The zero-order valence-corrected chi connectivity index (χ0v) is 27.7. The van der Waals surface area contributed by atoms with Crippen molar-refractivity contribution < 1.29 is 0 Å². The fourth-order valence-corrected chi connectivity index (χ4v) is 9.68. The van der Waals surface area contributed by atoms with Gasteiger partial charge in [-0.15, -0.1) is 25.7 Å². The lowest BCUT2D eigenvalue weighted by Gasteiger charge is -2.43. The molecule has 0 aliphatic carbocycles. The molecular weight excluding hydrogens is 453 g/mol. The molecule has 33 heavy (non-hydrogen) atoms. The molecule has 0 aliphatic rings. The normalized spacial score (nSPS) is 17.6. The smallest absolute Gasteiger partial charge is 0.00707 e. The minimum atomic E-state index is 0.250. The Labute approximate surface area is 214 Å². The molecule has 0 heterocycles. The van der Waals surface area contributed by atoms with Gasteiger partial charge in [0, 0.05) is 17.0 Å². The maximum absolute atomic E-state index is 2.52. The first-order valence-electron chi connectivity index (χ1n) is 13.2. The molecule has 3 heteroatoms. The molecule has 0 aromatic heterocycles. The van der Waals surface area contributed by atoms with Crippen LogP contribution >= 0.6 is 25.7 Å². The molecule has 0 nitrogen and oxygen atoms in total. The second-order valence-electron chi connectivity index (χ2n) is 14.2. The standard InChI is InChI=1S/C30H57P3/c1-19(2)31-25(28(7,8)9)22-17-16-18-23(26(29(10,11)12)32-20(3)4)24(22)27(30(13,14)15)33-21(5)6/h16-21,25-27,31-33H,1-15H3. The molecule has 0 spiro atoms. The van der Waals surface area contributed by atoms with E-state index in [0.717, 1.165) is 42.7 Å². The molecule has 0 fully saturated rings. The van der Waals surface area contributed by atoms with Gasteiger partial charge in [0.15, 0.2) is 0 Å². The third kappa shape index (κ3) is 9.48. The molecule has 0 bridgehead atoms. The first kappa shape index (κ1) is 31.5. The van der Waals surface area contributed by atoms with Gasteiger partial charge in [-0.25, -0.2) is 0 Å². The highest BCUT2D eigenvalue weighted by Gasteiger charge is 2.39. The van der Waals surface area contributed by atoms with E-state index in [0.29, 0.717) is 17.0 Å². The summed E-state index contributed by atoms with van der Waals surface area (Å²) < 4.78 is 0. The van der Waals surface area contributed by atoms with Crippen molar-refractivity contribution >= 4 is 25.7 Å². The minimum absolute atomic E-state index is 0.250. The summed E-state index contributed by atoms with van der Waals surface area (Å²) in [6.07, 6.45) is 0. The van der Waals surface area contributed by atoms with Gasteiger partial charge >= 0.3 is 0 Å². The summed E-state index contributed by atoms with van der Waals surface area (Å²) in [5.74, 6) is 0. The maximum Gasteiger partial charge on any atom is 0.00707 e. The van der Waals surface area contributed by atoms with Gasteiger partial charge in [0.05, 0.1) is 0 Å². The molecule has 1 rings (SSSR count). The maximum atomic E-state index is 2.52. The van der Waals surface area contributed by atoms with Gasteiger partial charge in [-0.1, -0.05) is 122 Å². The van der Waals surface area contributed by atoms with Gasteiger partial charge in [0.2, 0.25) is 0 Å². The summed E-state index contributed by atoms with van der Waals surface area (Å²) in [6, 6.07) is 7.44. The van der Waals surface area contributed by atoms with Crippen LogP contribution in [0.3, 0.4) is 0 Å². The lowest BCUT2D eigenvalue weighted by atomic mass is 9.76. The Morgan fingerprint density at radius 1 is 0.485 bits per heavy atom. The van der Waals surface area contributed by atoms with Crippen LogP contribution in [0.4, 0.5) is 0 Å². The van der Waals surface area contributed by atoms with E-state index in [2.05, 4.69) is 122 Å². The molecule has 0 saturated carbocycles. The lowest BCUT2D eigenvalue weighted by Crippen LogP contribution is -2.26. The summed E-state index contributed by atoms with van der Waals surface area (Å²) in [5.41, 5.74) is 9.83. The van der Waals surface area contributed by atoms with Crippen LogP contribution in [0, 0.1) is 16.2 Å². The van der Waals surface area contributed by atoms with Gasteiger partial charge in [0.25, 0.3) is 0 Å². The third-order valence-electron chi connectivity index (χ3n) is 6.18. The van der Waals surface area contributed by atoms with Crippen molar-refractivity contribution in [3.8, 4) is 0 Å². The van der Waals surface area contributed by atoms with E-state index >= 15 is 0 Å². The summed E-state index contributed by atoms with van der Waals surface area (Å²) in [6.45, 7) is 36.8. The van der Waals surface area contributed by atoms with Crippen molar-refractivity contribution in [1.29, 1.82) is 0 Å². The van der Waals surface area contributed by atoms with Crippen molar-refractivity contribution in [2.24, 2.45) is 16.2 Å². The largest absolute Gasteiger partial charge is 0.111 e. The highest BCUT2D eigenvalue weighted by atomic mass is 31.1. The lowest BCUT2D eigenvalue weighted by molar-refractivity contribution is 0.367. The van der Waals surface area contributed by atoms with Crippen molar-refractivity contribution in [1.82, 2.24) is 0 Å². The van der Waals surface area contributed by atoms with Crippen LogP contribution in [0.25, 0.3) is 0 Å². The van der Waals surface area contributed by atoms with Gasteiger partial charge in [0.1, 0.15) is 0 Å². The zero-order valence-electron chi connectivity index (χ0n) is 24.7. The van der Waals surface area contributed by atoms with Gasteiger partial charge in [-0.3, -0.25) is 0 Å². The molecule has 0 aliphatic heterocycles. The number of benzene rings is 1. The topological polar surface area (TPSA) is 0 Å². The Bertz CT molecular complexity index is 680. The molecule has 1 aromatic carbocycles. The molecule has 6 atom stereocenters. The van der Waals surface area contributed by atoms with E-state index in [4.69, 9.17) is 0 Å². The molecule has 0 amide bonds. The van der Waals surface area contributed by atoms with Gasteiger partial charge in [-0.05, 0) is 49.9 Å². The second kappa shape index (κ2) is 12.2. The molecule has 6 unspecified atom stereocenters. The van der Waals surface area contributed by atoms with Crippen molar-refractivity contribution in [3.63, 3.8) is 0 Å². The molecule has 1 aromatic rings. The van der Waals surface area contributed by atoms with Crippen LogP contribution in [-0.2, 0) is 0 Å². The average Bonchev–Trinajstić information content (AvgIpc) is 2.58. The fraction of sp³-hybridized carbons (Fsp3) is 0.800. The van der Waals surface area contributed by atoms with Crippen molar-refractivity contribution in [2.45, 2.75) is 138 Å². The summed E-state index contributed by atoms with van der Waals surface area (Å²) in [7, 11) is 2.86. The SMILES string of the molecule is CC(C)PC(c1cccc(C(PC(C)C)C(C)(C)C)c1C(PC(C)C)C(C)(C)C)C(C)(C)C. The van der Waals surface area contributed by atoms with Crippen LogP contribution in [0.1, 0.15) is 138 Å². The van der Waals surface area contributed by atoms with Crippen LogP contribution in [0.2, 0.25) is 0 Å². The summed E-state index contributed by atoms with van der Waals surface area (Å²) in [4.78, 5) is 0. The molecule has 0 radical (unpaired) electrons. The highest BCUT2D eigenvalue weighted by Crippen LogP contribution is 2.61. The minimum Gasteiger partial charge on any atom is -0.111 e. The van der Waals surface area contributed by atoms with E-state index in [1.807, 2.05) is 0 Å². The predicted octanol–water partition coefficient (Wildman–Crippen LogP) is 11.2. The molecule has 192 valence electrons. The van der Waals surface area contributed by atoms with Gasteiger partial charge in [-0.2, -0.15) is 0 Å². The molecular formula is C30H57P3. The van der Waals surface area contributed by atoms with Crippen LogP contribution in [0.15, 0.2) is 18.2 Å². The number of rotatable bonds is 9. The Kier molecular flexibility index (Phi) is 11.6. The van der Waals surface area contributed by atoms with Crippen molar-refractivity contribution in [2.75, 3.05) is 0 Å². The molecule has 0 saturated heterocycles. The average molecular weight is 511 g/mol.